The van der Waals surface area contributed by atoms with Gasteiger partial charge in [0.05, 0.1) is 18.8 Å². The van der Waals surface area contributed by atoms with Gasteiger partial charge in [-0.25, -0.2) is 0 Å². The molecular formula is C13H16BrN5O. The Kier molecular flexibility index (Phi) is 4.86. The van der Waals surface area contributed by atoms with Gasteiger partial charge in [-0.3, -0.25) is 9.48 Å². The van der Waals surface area contributed by atoms with Crippen LogP contribution in [0.2, 0.25) is 0 Å². The minimum absolute atomic E-state index is 0.127. The number of carbonyl (C=O) groups is 1. The number of nitrogens with zero attached hydrogens (tertiary/aromatic N) is 3. The lowest BCUT2D eigenvalue weighted by Crippen LogP contribution is -2.27. The highest BCUT2D eigenvalue weighted by atomic mass is 79.9. The van der Waals surface area contributed by atoms with Crippen molar-refractivity contribution < 1.29 is 4.79 Å². The third-order valence-corrected chi connectivity index (χ3v) is 3.57. The zero-order valence-corrected chi connectivity index (χ0v) is 12.7. The van der Waals surface area contributed by atoms with E-state index in [9.17, 15) is 4.79 Å². The smallest absolute Gasteiger partial charge is 0.273 e. The monoisotopic (exact) mass is 337 g/mol. The molecule has 0 fully saturated rings. The molecule has 2 aromatic rings. The topological polar surface area (TPSA) is 85.8 Å². The highest BCUT2D eigenvalue weighted by Crippen LogP contribution is 2.22. The maximum Gasteiger partial charge on any atom is 0.273 e. The summed E-state index contributed by atoms with van der Waals surface area (Å²) in [5, 5.41) is 10.6. The molecule has 2 rings (SSSR count). The van der Waals surface area contributed by atoms with Crippen molar-refractivity contribution in [3.63, 3.8) is 0 Å². The van der Waals surface area contributed by atoms with Gasteiger partial charge in [-0.1, -0.05) is 39.3 Å². The molecule has 6 nitrogen and oxygen atoms in total. The fourth-order valence-electron chi connectivity index (χ4n) is 1.82. The number of aromatic nitrogens is 3. The Hall–Kier alpha value is -1.73. The van der Waals surface area contributed by atoms with Crippen molar-refractivity contribution in [1.82, 2.24) is 20.3 Å². The molecule has 0 bridgehead atoms. The van der Waals surface area contributed by atoms with Gasteiger partial charge in [0.1, 0.15) is 0 Å². The SMILES string of the molecule is C[C@@H](NC(=O)c1cn(CCN)nn1)c1ccccc1Br. The summed E-state index contributed by atoms with van der Waals surface area (Å²) in [6.45, 7) is 2.92. The van der Waals surface area contributed by atoms with Gasteiger partial charge in [0, 0.05) is 11.0 Å². The lowest BCUT2D eigenvalue weighted by Gasteiger charge is -2.14. The quantitative estimate of drug-likeness (QED) is 0.865. The molecule has 0 saturated heterocycles. The van der Waals surface area contributed by atoms with Crippen LogP contribution in [0, 0.1) is 0 Å². The molecule has 1 aromatic heterocycles. The predicted octanol–water partition coefficient (Wildman–Crippen LogP) is 1.49. The van der Waals surface area contributed by atoms with Gasteiger partial charge >= 0.3 is 0 Å². The van der Waals surface area contributed by atoms with Crippen molar-refractivity contribution in [2.75, 3.05) is 6.54 Å². The van der Waals surface area contributed by atoms with Crippen LogP contribution in [0.15, 0.2) is 34.9 Å². The second-order valence-corrected chi connectivity index (χ2v) is 5.23. The number of nitrogens with two attached hydrogens (primary N) is 1. The number of carbonyl (C=O) groups excluding carboxylic acids is 1. The van der Waals surface area contributed by atoms with Crippen molar-refractivity contribution in [2.45, 2.75) is 19.5 Å². The lowest BCUT2D eigenvalue weighted by molar-refractivity contribution is 0.0934. The molecule has 0 spiro atoms. The summed E-state index contributed by atoms with van der Waals surface area (Å²) < 4.78 is 2.51. The summed E-state index contributed by atoms with van der Waals surface area (Å²) in [5.41, 5.74) is 6.72. The lowest BCUT2D eigenvalue weighted by atomic mass is 10.1. The zero-order chi connectivity index (χ0) is 14.5. The van der Waals surface area contributed by atoms with Crippen LogP contribution >= 0.6 is 15.9 Å². The highest BCUT2D eigenvalue weighted by molar-refractivity contribution is 9.10. The Balaban J connectivity index is 2.05. The maximum absolute atomic E-state index is 12.1. The van der Waals surface area contributed by atoms with E-state index in [0.29, 0.717) is 13.1 Å². The molecular weight excluding hydrogens is 322 g/mol. The van der Waals surface area contributed by atoms with Gasteiger partial charge in [0.2, 0.25) is 0 Å². The summed E-state index contributed by atoms with van der Waals surface area (Å²) in [7, 11) is 0. The molecule has 1 atom stereocenters. The van der Waals surface area contributed by atoms with Crippen LogP contribution in [-0.4, -0.2) is 27.4 Å². The fraction of sp³-hybridized carbons (Fsp3) is 0.308. The predicted molar refractivity (Wildman–Crippen MR) is 79.1 cm³/mol. The summed E-state index contributed by atoms with van der Waals surface area (Å²) >= 11 is 3.47. The Morgan fingerprint density at radius 2 is 2.25 bits per heavy atom. The van der Waals surface area contributed by atoms with E-state index < -0.39 is 0 Å². The van der Waals surface area contributed by atoms with E-state index in [1.54, 1.807) is 10.9 Å². The maximum atomic E-state index is 12.1. The molecule has 0 aliphatic heterocycles. The molecule has 0 aliphatic carbocycles. The van der Waals surface area contributed by atoms with Crippen molar-refractivity contribution in [1.29, 1.82) is 0 Å². The van der Waals surface area contributed by atoms with Gasteiger partial charge < -0.3 is 11.1 Å². The van der Waals surface area contributed by atoms with Crippen LogP contribution in [0.25, 0.3) is 0 Å². The average Bonchev–Trinajstić information content (AvgIpc) is 2.88. The van der Waals surface area contributed by atoms with Crippen LogP contribution in [0.5, 0.6) is 0 Å². The Labute approximate surface area is 125 Å². The number of rotatable bonds is 5. The largest absolute Gasteiger partial charge is 0.344 e. The fourth-order valence-corrected chi connectivity index (χ4v) is 2.45. The number of hydrogen-bond acceptors (Lipinski definition) is 4. The van der Waals surface area contributed by atoms with E-state index in [4.69, 9.17) is 5.73 Å². The molecule has 0 radical (unpaired) electrons. The first kappa shape index (κ1) is 14.7. The van der Waals surface area contributed by atoms with Crippen LogP contribution < -0.4 is 11.1 Å². The van der Waals surface area contributed by atoms with Gasteiger partial charge in [0.15, 0.2) is 5.69 Å². The molecule has 0 saturated carbocycles. The Morgan fingerprint density at radius 3 is 2.95 bits per heavy atom. The minimum Gasteiger partial charge on any atom is -0.344 e. The molecule has 20 heavy (non-hydrogen) atoms. The second-order valence-electron chi connectivity index (χ2n) is 4.37. The number of amides is 1. The standard InChI is InChI=1S/C13H16BrN5O/c1-9(10-4-2-3-5-11(10)14)16-13(20)12-8-19(7-6-15)18-17-12/h2-5,8-9H,6-7,15H2,1H3,(H,16,20)/t9-/m1/s1. The normalized spacial score (nSPS) is 12.2. The third kappa shape index (κ3) is 3.43. The van der Waals surface area contributed by atoms with E-state index in [0.717, 1.165) is 10.0 Å². The first-order chi connectivity index (χ1) is 9.61. The van der Waals surface area contributed by atoms with E-state index in [1.807, 2.05) is 31.2 Å². The second kappa shape index (κ2) is 6.62. The third-order valence-electron chi connectivity index (χ3n) is 2.85. The van der Waals surface area contributed by atoms with E-state index in [-0.39, 0.29) is 17.6 Å². The van der Waals surface area contributed by atoms with Crippen molar-refractivity contribution >= 4 is 21.8 Å². The Bertz CT molecular complexity index is 598. The molecule has 1 aromatic carbocycles. The molecule has 3 N–H and O–H groups in total. The number of halogens is 1. The van der Waals surface area contributed by atoms with Gasteiger partial charge in [-0.05, 0) is 18.6 Å². The summed E-state index contributed by atoms with van der Waals surface area (Å²) in [4.78, 5) is 12.1. The van der Waals surface area contributed by atoms with Crippen LogP contribution in [0.4, 0.5) is 0 Å². The van der Waals surface area contributed by atoms with E-state index in [2.05, 4.69) is 31.6 Å². The first-order valence-electron chi connectivity index (χ1n) is 6.27. The Morgan fingerprint density at radius 1 is 1.50 bits per heavy atom. The molecule has 0 unspecified atom stereocenters. The van der Waals surface area contributed by atoms with Crippen molar-refractivity contribution in [2.24, 2.45) is 5.73 Å². The number of hydrogen-bond donors (Lipinski definition) is 2. The van der Waals surface area contributed by atoms with Gasteiger partial charge in [-0.15, -0.1) is 5.10 Å². The average molecular weight is 338 g/mol. The number of benzene rings is 1. The number of nitrogens with one attached hydrogen (secondary N) is 1. The van der Waals surface area contributed by atoms with Crippen molar-refractivity contribution in [3.05, 3.63) is 46.2 Å². The van der Waals surface area contributed by atoms with Crippen LogP contribution in [-0.2, 0) is 6.54 Å². The van der Waals surface area contributed by atoms with Crippen molar-refractivity contribution in [3.8, 4) is 0 Å². The molecule has 7 heteroatoms. The molecule has 1 heterocycles. The highest BCUT2D eigenvalue weighted by Gasteiger charge is 2.15. The van der Waals surface area contributed by atoms with Gasteiger partial charge in [0.25, 0.3) is 5.91 Å². The summed E-state index contributed by atoms with van der Waals surface area (Å²) in [6, 6.07) is 7.63. The zero-order valence-electron chi connectivity index (χ0n) is 11.1. The summed E-state index contributed by atoms with van der Waals surface area (Å²) in [6.07, 6.45) is 1.59. The molecule has 0 aliphatic rings. The molecule has 1 amide bonds. The minimum atomic E-state index is -0.253. The summed E-state index contributed by atoms with van der Waals surface area (Å²) in [5.74, 6) is -0.253. The van der Waals surface area contributed by atoms with E-state index in [1.165, 1.54) is 0 Å². The van der Waals surface area contributed by atoms with E-state index >= 15 is 0 Å². The first-order valence-corrected chi connectivity index (χ1v) is 7.06. The van der Waals surface area contributed by atoms with Gasteiger partial charge in [-0.2, -0.15) is 0 Å². The van der Waals surface area contributed by atoms with Crippen LogP contribution in [0.3, 0.4) is 0 Å². The molecule has 106 valence electrons. The van der Waals surface area contributed by atoms with Crippen LogP contribution in [0.1, 0.15) is 29.0 Å².